The Balaban J connectivity index is 1.90. The molecule has 1 aromatic heterocycles. The number of ether oxygens (including phenoxy) is 1. The van der Waals surface area contributed by atoms with Gasteiger partial charge in [-0.15, -0.1) is 0 Å². The maximum atomic E-state index is 13.6. The Morgan fingerprint density at radius 3 is 2.09 bits per heavy atom. The number of methoxy groups -OCH3 is 1. The number of nitrogens with one attached hydrogen (secondary N) is 1. The number of amides is 1. The summed E-state index contributed by atoms with van der Waals surface area (Å²) >= 11 is 5.90. The maximum absolute atomic E-state index is 13.6. The fourth-order valence-corrected chi connectivity index (χ4v) is 5.06. The molecular formula is C23H20ClN3O5S. The van der Waals surface area contributed by atoms with Crippen molar-refractivity contribution < 1.29 is 17.9 Å². The predicted octanol–water partition coefficient (Wildman–Crippen LogP) is 3.62. The van der Waals surface area contributed by atoms with E-state index in [1.807, 2.05) is 0 Å². The van der Waals surface area contributed by atoms with Crippen LogP contribution in [0.4, 0.5) is 5.69 Å². The number of carbonyl (C=O) groups excluding carboxylic acids is 1. The van der Waals surface area contributed by atoms with E-state index in [1.165, 1.54) is 64.8 Å². The molecule has 0 bridgehead atoms. The van der Waals surface area contributed by atoms with Gasteiger partial charge in [-0.05, 0) is 60.7 Å². The monoisotopic (exact) mass is 485 g/mol. The van der Waals surface area contributed by atoms with Gasteiger partial charge < -0.3 is 10.1 Å². The molecule has 8 nitrogen and oxygen atoms in total. The fraction of sp³-hybridized carbons (Fsp3) is 0.130. The summed E-state index contributed by atoms with van der Waals surface area (Å²) in [5.41, 5.74) is 0.925. The molecule has 0 spiro atoms. The highest BCUT2D eigenvalue weighted by atomic mass is 35.5. The maximum Gasteiger partial charge on any atom is 0.328 e. The van der Waals surface area contributed by atoms with Gasteiger partial charge in [0, 0.05) is 24.7 Å². The van der Waals surface area contributed by atoms with Crippen LogP contribution in [0.3, 0.4) is 0 Å². The molecule has 1 amide bonds. The zero-order valence-corrected chi connectivity index (χ0v) is 19.6. The van der Waals surface area contributed by atoms with E-state index in [9.17, 15) is 18.0 Å². The topological polar surface area (TPSA) is 99.4 Å². The van der Waals surface area contributed by atoms with E-state index in [0.717, 1.165) is 0 Å². The summed E-state index contributed by atoms with van der Waals surface area (Å²) in [5, 5.41) is 3.15. The van der Waals surface area contributed by atoms with Gasteiger partial charge >= 0.3 is 5.69 Å². The quantitative estimate of drug-likeness (QED) is 0.465. The zero-order valence-electron chi connectivity index (χ0n) is 18.0. The summed E-state index contributed by atoms with van der Waals surface area (Å²) in [6.07, 6.45) is 0. The molecule has 10 heteroatoms. The Bertz CT molecular complexity index is 1540. The molecule has 1 heterocycles. The Morgan fingerprint density at radius 1 is 0.939 bits per heavy atom. The van der Waals surface area contributed by atoms with E-state index in [-0.39, 0.29) is 21.2 Å². The van der Waals surface area contributed by atoms with Gasteiger partial charge in [0.1, 0.15) is 5.75 Å². The Kier molecular flexibility index (Phi) is 5.77. The van der Waals surface area contributed by atoms with Gasteiger partial charge in [0.05, 0.1) is 33.6 Å². The number of benzene rings is 3. The van der Waals surface area contributed by atoms with E-state index >= 15 is 0 Å². The molecule has 0 aliphatic rings. The third kappa shape index (κ3) is 4.01. The first-order valence-corrected chi connectivity index (χ1v) is 11.6. The molecule has 4 aromatic rings. The number of carbonyl (C=O) groups is 1. The second-order valence-electron chi connectivity index (χ2n) is 7.38. The van der Waals surface area contributed by atoms with Crippen LogP contribution >= 0.6 is 11.6 Å². The van der Waals surface area contributed by atoms with Crippen molar-refractivity contribution in [1.29, 1.82) is 0 Å². The molecule has 0 radical (unpaired) electrons. The average Bonchev–Trinajstić information content (AvgIpc) is 3.02. The zero-order chi connectivity index (χ0) is 23.9. The van der Waals surface area contributed by atoms with Crippen molar-refractivity contribution in [1.82, 2.24) is 9.13 Å². The molecule has 3 aromatic carbocycles. The first-order valence-electron chi connectivity index (χ1n) is 9.79. The van der Waals surface area contributed by atoms with Crippen molar-refractivity contribution in [2.24, 2.45) is 14.1 Å². The molecule has 0 atom stereocenters. The molecule has 33 heavy (non-hydrogen) atoms. The Labute approximate surface area is 194 Å². The number of rotatable bonds is 5. The lowest BCUT2D eigenvalue weighted by atomic mass is 10.2. The van der Waals surface area contributed by atoms with Crippen LogP contribution in [0.25, 0.3) is 11.0 Å². The second kappa shape index (κ2) is 8.42. The van der Waals surface area contributed by atoms with Gasteiger partial charge in [0.15, 0.2) is 0 Å². The van der Waals surface area contributed by atoms with Gasteiger partial charge in [-0.3, -0.25) is 13.9 Å². The van der Waals surface area contributed by atoms with Crippen LogP contribution in [-0.2, 0) is 23.9 Å². The van der Waals surface area contributed by atoms with Crippen LogP contribution in [-0.4, -0.2) is 30.6 Å². The summed E-state index contributed by atoms with van der Waals surface area (Å²) in [5.74, 6) is -0.00995. The van der Waals surface area contributed by atoms with Gasteiger partial charge in [0.2, 0.25) is 9.84 Å². The smallest absolute Gasteiger partial charge is 0.328 e. The van der Waals surface area contributed by atoms with Crippen LogP contribution in [0.1, 0.15) is 10.4 Å². The average molecular weight is 486 g/mol. The minimum Gasteiger partial charge on any atom is -0.497 e. The summed E-state index contributed by atoms with van der Waals surface area (Å²) in [4.78, 5) is 25.2. The largest absolute Gasteiger partial charge is 0.497 e. The fourth-order valence-electron chi connectivity index (χ4n) is 3.52. The van der Waals surface area contributed by atoms with E-state index < -0.39 is 15.7 Å². The van der Waals surface area contributed by atoms with Gasteiger partial charge in [-0.25, -0.2) is 13.2 Å². The molecule has 0 unspecified atom stereocenters. The van der Waals surface area contributed by atoms with Crippen molar-refractivity contribution in [2.45, 2.75) is 9.79 Å². The lowest BCUT2D eigenvalue weighted by Gasteiger charge is -2.14. The molecule has 170 valence electrons. The number of nitrogens with zero attached hydrogens (tertiary/aromatic N) is 2. The lowest BCUT2D eigenvalue weighted by molar-refractivity contribution is 0.102. The van der Waals surface area contributed by atoms with E-state index in [4.69, 9.17) is 16.3 Å². The van der Waals surface area contributed by atoms with E-state index in [1.54, 1.807) is 26.2 Å². The minimum absolute atomic E-state index is 0.0190. The lowest BCUT2D eigenvalue weighted by Crippen LogP contribution is -2.19. The highest BCUT2D eigenvalue weighted by molar-refractivity contribution is 7.91. The van der Waals surface area contributed by atoms with Crippen molar-refractivity contribution >= 4 is 44.1 Å². The molecule has 0 saturated carbocycles. The number of aromatic nitrogens is 2. The summed E-state index contributed by atoms with van der Waals surface area (Å²) in [6, 6.07) is 15.0. The van der Waals surface area contributed by atoms with Gasteiger partial charge in [0.25, 0.3) is 5.91 Å². The molecule has 0 aliphatic carbocycles. The third-order valence-electron chi connectivity index (χ3n) is 5.39. The van der Waals surface area contributed by atoms with Crippen LogP contribution in [0.15, 0.2) is 75.2 Å². The van der Waals surface area contributed by atoms with Crippen molar-refractivity contribution in [3.05, 3.63) is 81.7 Å². The number of sulfone groups is 1. The molecule has 1 N–H and O–H groups in total. The van der Waals surface area contributed by atoms with Crippen LogP contribution in [0, 0.1) is 0 Å². The van der Waals surface area contributed by atoms with Crippen molar-refractivity contribution in [3.8, 4) is 5.75 Å². The highest BCUT2D eigenvalue weighted by Crippen LogP contribution is 2.32. The first-order chi connectivity index (χ1) is 15.6. The highest BCUT2D eigenvalue weighted by Gasteiger charge is 2.25. The number of imidazole rings is 1. The van der Waals surface area contributed by atoms with Crippen LogP contribution < -0.4 is 15.7 Å². The van der Waals surface area contributed by atoms with Gasteiger partial charge in [-0.2, -0.15) is 0 Å². The summed E-state index contributed by atoms with van der Waals surface area (Å²) < 4.78 is 35.0. The molecule has 0 fully saturated rings. The molecule has 4 rings (SSSR count). The molecule has 0 saturated heterocycles. The molecule has 0 aliphatic heterocycles. The van der Waals surface area contributed by atoms with E-state index in [0.29, 0.717) is 27.4 Å². The normalized spacial score (nSPS) is 11.5. The van der Waals surface area contributed by atoms with E-state index in [2.05, 4.69) is 5.32 Å². The number of fused-ring (bicyclic) bond motifs is 1. The standard InChI is InChI=1S/C23H20ClN3O5S/c1-26-19-12-18(25-22(28)14-4-6-15(24)7-5-14)21(13-20(19)27(2)23(26)29)33(30,31)17-10-8-16(32-3)9-11-17/h4-13H,1-3H3,(H,25,28). The second-order valence-corrected chi connectivity index (χ2v) is 9.73. The SMILES string of the molecule is COc1ccc(S(=O)(=O)c2cc3c(cc2NC(=O)c2ccc(Cl)cc2)n(C)c(=O)n3C)cc1. The first kappa shape index (κ1) is 22.6. The number of aryl methyl sites for hydroxylation is 2. The van der Waals surface area contributed by atoms with Crippen molar-refractivity contribution in [3.63, 3.8) is 0 Å². The number of hydrogen-bond donors (Lipinski definition) is 1. The number of halogens is 1. The Morgan fingerprint density at radius 2 is 1.52 bits per heavy atom. The molecular weight excluding hydrogens is 466 g/mol. The number of hydrogen-bond acceptors (Lipinski definition) is 5. The van der Waals surface area contributed by atoms with Crippen LogP contribution in [0.2, 0.25) is 5.02 Å². The third-order valence-corrected chi connectivity index (χ3v) is 7.45. The predicted molar refractivity (Wildman–Crippen MR) is 126 cm³/mol. The number of anilines is 1. The minimum atomic E-state index is -4.06. The van der Waals surface area contributed by atoms with Gasteiger partial charge in [-0.1, -0.05) is 11.6 Å². The Hall–Kier alpha value is -3.56. The summed E-state index contributed by atoms with van der Waals surface area (Å²) in [6.45, 7) is 0. The van der Waals surface area contributed by atoms with Crippen LogP contribution in [0.5, 0.6) is 5.75 Å². The summed E-state index contributed by atoms with van der Waals surface area (Å²) in [7, 11) is 0.559. The van der Waals surface area contributed by atoms with Crippen molar-refractivity contribution in [2.75, 3.05) is 12.4 Å².